The van der Waals surface area contributed by atoms with Gasteiger partial charge in [0.05, 0.1) is 0 Å². The van der Waals surface area contributed by atoms with Crippen LogP contribution in [-0.2, 0) is 9.59 Å². The van der Waals surface area contributed by atoms with Gasteiger partial charge in [-0.25, -0.2) is 0 Å². The summed E-state index contributed by atoms with van der Waals surface area (Å²) in [6.07, 6.45) is 0.560. The first-order valence-corrected chi connectivity index (χ1v) is 4.56. The zero-order valence-corrected chi connectivity index (χ0v) is 8.68. The lowest BCUT2D eigenvalue weighted by molar-refractivity contribution is -0.139. The molecule has 14 heavy (non-hydrogen) atoms. The Morgan fingerprint density at radius 3 is 2.57 bits per heavy atom. The second-order valence-electron chi connectivity index (χ2n) is 3.80. The zero-order chi connectivity index (χ0) is 10.8. The fraction of sp³-hybridized carbons (Fsp3) is 0.667. The zero-order valence-electron chi connectivity index (χ0n) is 8.68. The van der Waals surface area contributed by atoms with Crippen molar-refractivity contribution in [1.29, 1.82) is 0 Å². The normalized spacial score (nSPS) is 20.4. The summed E-state index contributed by atoms with van der Waals surface area (Å²) >= 11 is 0. The summed E-state index contributed by atoms with van der Waals surface area (Å²) in [7, 11) is 1.80. The van der Waals surface area contributed by atoms with Gasteiger partial charge in [-0.2, -0.15) is 4.99 Å². The summed E-state index contributed by atoms with van der Waals surface area (Å²) in [6.45, 7) is 3.83. The molecule has 0 spiro atoms. The summed E-state index contributed by atoms with van der Waals surface area (Å²) in [5, 5.41) is 5.54. The van der Waals surface area contributed by atoms with Gasteiger partial charge in [-0.3, -0.25) is 9.59 Å². The molecule has 0 aromatic rings. The molecule has 1 aliphatic heterocycles. The molecular weight excluding hydrogens is 182 g/mol. The van der Waals surface area contributed by atoms with Crippen molar-refractivity contribution in [3.63, 3.8) is 0 Å². The Balaban J connectivity index is 2.76. The number of rotatable bonds is 3. The van der Waals surface area contributed by atoms with E-state index in [1.54, 1.807) is 20.9 Å². The van der Waals surface area contributed by atoms with Crippen molar-refractivity contribution >= 4 is 17.6 Å². The third-order valence-electron chi connectivity index (χ3n) is 2.21. The summed E-state index contributed by atoms with van der Waals surface area (Å²) in [6, 6.07) is 0. The minimum Gasteiger partial charge on any atom is -0.319 e. The molecule has 2 amide bonds. The van der Waals surface area contributed by atoms with Crippen LogP contribution in [-0.4, -0.2) is 31.2 Å². The van der Waals surface area contributed by atoms with Crippen LogP contribution in [0.15, 0.2) is 4.99 Å². The molecule has 0 fully saturated rings. The number of aliphatic imine (C=N–C) groups is 1. The van der Waals surface area contributed by atoms with Gasteiger partial charge in [0.15, 0.2) is 0 Å². The maximum Gasteiger partial charge on any atom is 0.262 e. The first kappa shape index (κ1) is 10.8. The summed E-state index contributed by atoms with van der Waals surface area (Å²) in [4.78, 5) is 26.7. The van der Waals surface area contributed by atoms with Crippen molar-refractivity contribution in [3.05, 3.63) is 0 Å². The highest BCUT2D eigenvalue weighted by molar-refractivity contribution is 6.18. The van der Waals surface area contributed by atoms with E-state index in [0.717, 1.165) is 0 Å². The number of nitrogens with one attached hydrogen (secondary N) is 2. The summed E-state index contributed by atoms with van der Waals surface area (Å²) in [5.41, 5.74) is -1.02. The minimum atomic E-state index is -1.02. The molecule has 0 aromatic carbocycles. The molecule has 0 bridgehead atoms. The molecule has 0 aromatic heterocycles. The van der Waals surface area contributed by atoms with Crippen molar-refractivity contribution in [1.82, 2.24) is 10.6 Å². The van der Waals surface area contributed by atoms with E-state index in [1.165, 1.54) is 0 Å². The highest BCUT2D eigenvalue weighted by Gasteiger charge is 2.39. The van der Waals surface area contributed by atoms with Crippen molar-refractivity contribution in [3.8, 4) is 0 Å². The Labute approximate surface area is 83.0 Å². The van der Waals surface area contributed by atoms with Crippen LogP contribution in [0.3, 0.4) is 0 Å². The van der Waals surface area contributed by atoms with Crippen molar-refractivity contribution in [2.45, 2.75) is 20.3 Å². The van der Waals surface area contributed by atoms with Gasteiger partial charge in [-0.05, 0) is 20.9 Å². The van der Waals surface area contributed by atoms with E-state index in [-0.39, 0.29) is 11.8 Å². The molecule has 1 rings (SSSR count). The van der Waals surface area contributed by atoms with Gasteiger partial charge < -0.3 is 10.6 Å². The maximum atomic E-state index is 11.5. The Kier molecular flexibility index (Phi) is 3.00. The summed E-state index contributed by atoms with van der Waals surface area (Å²) in [5.74, 6) is -0.190. The molecule has 5 heteroatoms. The van der Waals surface area contributed by atoms with Crippen LogP contribution in [0.4, 0.5) is 0 Å². The van der Waals surface area contributed by atoms with Crippen molar-refractivity contribution < 1.29 is 9.59 Å². The fourth-order valence-corrected chi connectivity index (χ4v) is 1.04. The number of hydrogen-bond acceptors (Lipinski definition) is 3. The van der Waals surface area contributed by atoms with Crippen molar-refractivity contribution in [2.24, 2.45) is 10.4 Å². The molecule has 0 aliphatic carbocycles. The first-order chi connectivity index (χ1) is 6.48. The van der Waals surface area contributed by atoms with Gasteiger partial charge >= 0.3 is 0 Å². The van der Waals surface area contributed by atoms with Gasteiger partial charge in [0.1, 0.15) is 11.3 Å². The average Bonchev–Trinajstić information content (AvgIpc) is 2.11. The lowest BCUT2D eigenvalue weighted by Crippen LogP contribution is -2.49. The number of nitrogens with zero attached hydrogens (tertiary/aromatic N) is 1. The largest absolute Gasteiger partial charge is 0.319 e. The highest BCUT2D eigenvalue weighted by atomic mass is 16.2. The molecule has 0 saturated carbocycles. The second-order valence-corrected chi connectivity index (χ2v) is 3.80. The molecule has 0 radical (unpaired) electrons. The van der Waals surface area contributed by atoms with Crippen LogP contribution in [0.1, 0.15) is 20.3 Å². The predicted octanol–water partition coefficient (Wildman–Crippen LogP) is -0.323. The topological polar surface area (TPSA) is 70.6 Å². The molecule has 2 N–H and O–H groups in total. The lowest BCUT2D eigenvalue weighted by Gasteiger charge is -2.25. The SMILES string of the molecule is CNCCC1=NC(=O)C(C)(C)C(=O)N1. The van der Waals surface area contributed by atoms with Crippen molar-refractivity contribution in [2.75, 3.05) is 13.6 Å². The molecule has 5 nitrogen and oxygen atoms in total. The molecule has 0 saturated heterocycles. The van der Waals surface area contributed by atoms with Crippen LogP contribution >= 0.6 is 0 Å². The van der Waals surface area contributed by atoms with Crippen LogP contribution in [0.2, 0.25) is 0 Å². The molecule has 1 aliphatic rings. The number of hydrogen-bond donors (Lipinski definition) is 2. The maximum absolute atomic E-state index is 11.5. The Bertz CT molecular complexity index is 294. The molecule has 78 valence electrons. The highest BCUT2D eigenvalue weighted by Crippen LogP contribution is 2.20. The lowest BCUT2D eigenvalue weighted by atomic mass is 9.90. The van der Waals surface area contributed by atoms with E-state index in [9.17, 15) is 9.59 Å². The minimum absolute atomic E-state index is 0.274. The summed E-state index contributed by atoms with van der Waals surface area (Å²) < 4.78 is 0. The number of carbonyl (C=O) groups is 2. The number of carbonyl (C=O) groups excluding carboxylic acids is 2. The van der Waals surface area contributed by atoms with E-state index < -0.39 is 5.41 Å². The van der Waals surface area contributed by atoms with Gasteiger partial charge in [0.2, 0.25) is 5.91 Å². The van der Waals surface area contributed by atoms with Crippen LogP contribution in [0.5, 0.6) is 0 Å². The Morgan fingerprint density at radius 1 is 1.43 bits per heavy atom. The molecule has 0 unspecified atom stereocenters. The first-order valence-electron chi connectivity index (χ1n) is 4.56. The van der Waals surface area contributed by atoms with E-state index >= 15 is 0 Å². The van der Waals surface area contributed by atoms with E-state index in [1.807, 2.05) is 0 Å². The third-order valence-corrected chi connectivity index (χ3v) is 2.21. The fourth-order valence-electron chi connectivity index (χ4n) is 1.04. The number of amides is 2. The molecule has 1 heterocycles. The number of amidine groups is 1. The van der Waals surface area contributed by atoms with Gasteiger partial charge in [-0.15, -0.1) is 0 Å². The Morgan fingerprint density at radius 2 is 2.07 bits per heavy atom. The van der Waals surface area contributed by atoms with E-state index in [2.05, 4.69) is 15.6 Å². The smallest absolute Gasteiger partial charge is 0.262 e. The third kappa shape index (κ3) is 1.98. The van der Waals surface area contributed by atoms with Crippen LogP contribution in [0.25, 0.3) is 0 Å². The van der Waals surface area contributed by atoms with Crippen LogP contribution < -0.4 is 10.6 Å². The van der Waals surface area contributed by atoms with Crippen LogP contribution in [0, 0.1) is 5.41 Å². The molecule has 0 atom stereocenters. The van der Waals surface area contributed by atoms with Gasteiger partial charge in [0, 0.05) is 13.0 Å². The quantitative estimate of drug-likeness (QED) is 0.609. The van der Waals surface area contributed by atoms with Gasteiger partial charge in [0.25, 0.3) is 5.91 Å². The second kappa shape index (κ2) is 3.88. The Hall–Kier alpha value is -1.23. The van der Waals surface area contributed by atoms with E-state index in [0.29, 0.717) is 18.8 Å². The van der Waals surface area contributed by atoms with E-state index in [4.69, 9.17) is 0 Å². The predicted molar refractivity (Wildman–Crippen MR) is 52.9 cm³/mol. The molecular formula is C9H15N3O2. The monoisotopic (exact) mass is 197 g/mol. The average molecular weight is 197 g/mol. The standard InChI is InChI=1S/C9H15N3O2/c1-9(2)7(13)11-6(4-5-10-3)12-8(9)14/h10H,4-5H2,1-3H3,(H,11,12,13,14). The van der Waals surface area contributed by atoms with Gasteiger partial charge in [-0.1, -0.05) is 0 Å².